The summed E-state index contributed by atoms with van der Waals surface area (Å²) in [5.74, 6) is -2.41. The third-order valence-corrected chi connectivity index (χ3v) is 6.76. The Labute approximate surface area is 144 Å². The molecule has 0 spiro atoms. The van der Waals surface area contributed by atoms with Crippen LogP contribution in [0.25, 0.3) is 0 Å². The number of hydrogen-bond acceptors (Lipinski definition) is 4. The summed E-state index contributed by atoms with van der Waals surface area (Å²) < 4.78 is 25.8. The van der Waals surface area contributed by atoms with Crippen molar-refractivity contribution in [2.24, 2.45) is 5.41 Å². The number of sulfone groups is 1. The van der Waals surface area contributed by atoms with E-state index in [0.717, 1.165) is 0 Å². The second-order valence-electron chi connectivity index (χ2n) is 5.60. The molecule has 0 unspecified atom stereocenters. The Bertz CT molecular complexity index is 952. The largest absolute Gasteiger partial charge is 0.480 e. The van der Waals surface area contributed by atoms with Crippen LogP contribution in [0.15, 0.2) is 59.5 Å². The molecule has 1 aliphatic carbocycles. The summed E-state index contributed by atoms with van der Waals surface area (Å²) in [5.41, 5.74) is -1.59. The van der Waals surface area contributed by atoms with Gasteiger partial charge in [0.15, 0.2) is 15.3 Å². The third kappa shape index (κ3) is 2.29. The third-order valence-electron chi connectivity index (χ3n) is 4.29. The smallest absolute Gasteiger partial charge is 0.326 e. The van der Waals surface area contributed by atoms with Crippen LogP contribution in [0.4, 0.5) is 0 Å². The SMILES string of the molecule is N#C[C@]1(C(=O)O)[C@H](c2cccc(Cl)c2)[C@H]1S(=O)(=O)c1ccccc1. The van der Waals surface area contributed by atoms with Gasteiger partial charge in [-0.15, -0.1) is 0 Å². The minimum atomic E-state index is -3.99. The first-order chi connectivity index (χ1) is 11.4. The van der Waals surface area contributed by atoms with E-state index < -0.39 is 32.4 Å². The standard InChI is InChI=1S/C17H12ClNO4S/c18-12-6-4-5-11(9-12)14-15(17(14,10-19)16(20)21)24(22,23)13-7-2-1-3-8-13/h1-9,14-15H,(H,20,21)/t14-,15-,17+/m1/s1. The maximum Gasteiger partial charge on any atom is 0.326 e. The monoisotopic (exact) mass is 361 g/mol. The lowest BCUT2D eigenvalue weighted by molar-refractivity contribution is -0.141. The maximum absolute atomic E-state index is 12.9. The molecule has 24 heavy (non-hydrogen) atoms. The van der Waals surface area contributed by atoms with Gasteiger partial charge in [0.2, 0.25) is 0 Å². The number of benzene rings is 2. The van der Waals surface area contributed by atoms with Gasteiger partial charge in [-0.3, -0.25) is 4.79 Å². The second-order valence-corrected chi connectivity index (χ2v) is 8.10. The summed E-state index contributed by atoms with van der Waals surface area (Å²) in [6.07, 6.45) is 0. The summed E-state index contributed by atoms with van der Waals surface area (Å²) in [5, 5.41) is 18.0. The average molecular weight is 362 g/mol. The number of carbonyl (C=O) groups is 1. The van der Waals surface area contributed by atoms with E-state index in [0.29, 0.717) is 10.6 Å². The van der Waals surface area contributed by atoms with Crippen LogP contribution in [0.3, 0.4) is 0 Å². The van der Waals surface area contributed by atoms with Crippen LogP contribution < -0.4 is 0 Å². The van der Waals surface area contributed by atoms with Crippen LogP contribution in [0.1, 0.15) is 11.5 Å². The minimum absolute atomic E-state index is 0.000373. The van der Waals surface area contributed by atoms with Crippen LogP contribution >= 0.6 is 11.6 Å². The average Bonchev–Trinajstić information content (AvgIpc) is 3.27. The number of aliphatic carboxylic acids is 1. The Hall–Kier alpha value is -2.36. The molecule has 0 saturated heterocycles. The lowest BCUT2D eigenvalue weighted by Gasteiger charge is -2.04. The topological polar surface area (TPSA) is 95.2 Å². The number of rotatable bonds is 4. The second kappa shape index (κ2) is 5.62. The highest BCUT2D eigenvalue weighted by Crippen LogP contribution is 2.64. The fraction of sp³-hybridized carbons (Fsp3) is 0.176. The summed E-state index contributed by atoms with van der Waals surface area (Å²) in [6, 6.07) is 15.6. The van der Waals surface area contributed by atoms with Crippen molar-refractivity contribution in [2.75, 3.05) is 0 Å². The summed E-state index contributed by atoms with van der Waals surface area (Å²) >= 11 is 5.93. The molecule has 7 heteroatoms. The summed E-state index contributed by atoms with van der Waals surface area (Å²) in [7, 11) is -3.99. The minimum Gasteiger partial charge on any atom is -0.480 e. The molecule has 0 aliphatic heterocycles. The predicted molar refractivity (Wildman–Crippen MR) is 87.3 cm³/mol. The zero-order chi connectivity index (χ0) is 17.5. The van der Waals surface area contributed by atoms with Gasteiger partial charge < -0.3 is 5.11 Å². The van der Waals surface area contributed by atoms with Gasteiger partial charge in [0.1, 0.15) is 5.25 Å². The predicted octanol–water partition coefficient (Wildman–Crippen LogP) is 2.87. The molecule has 0 radical (unpaired) electrons. The van der Waals surface area contributed by atoms with Crippen LogP contribution in [0.5, 0.6) is 0 Å². The van der Waals surface area contributed by atoms with Gasteiger partial charge in [-0.2, -0.15) is 5.26 Å². The molecule has 3 rings (SSSR count). The molecule has 2 aromatic rings. The Morgan fingerprint density at radius 1 is 1.17 bits per heavy atom. The summed E-state index contributed by atoms with van der Waals surface area (Å²) in [4.78, 5) is 11.8. The molecule has 1 saturated carbocycles. The Balaban J connectivity index is 2.16. The highest BCUT2D eigenvalue weighted by Gasteiger charge is 2.77. The first-order valence-electron chi connectivity index (χ1n) is 7.04. The van der Waals surface area contributed by atoms with Crippen LogP contribution in [-0.2, 0) is 14.6 Å². The van der Waals surface area contributed by atoms with E-state index in [-0.39, 0.29) is 4.90 Å². The van der Waals surface area contributed by atoms with E-state index in [2.05, 4.69) is 0 Å². The van der Waals surface area contributed by atoms with E-state index >= 15 is 0 Å². The van der Waals surface area contributed by atoms with Crippen molar-refractivity contribution in [3.8, 4) is 6.07 Å². The quantitative estimate of drug-likeness (QED) is 0.903. The number of nitrogens with zero attached hydrogens (tertiary/aromatic N) is 1. The van der Waals surface area contributed by atoms with Crippen molar-refractivity contribution in [2.45, 2.75) is 16.1 Å². The Morgan fingerprint density at radius 2 is 1.83 bits per heavy atom. The van der Waals surface area contributed by atoms with E-state index in [4.69, 9.17) is 11.6 Å². The van der Waals surface area contributed by atoms with Crippen molar-refractivity contribution < 1.29 is 18.3 Å². The molecule has 0 amide bonds. The van der Waals surface area contributed by atoms with Gasteiger partial charge in [0, 0.05) is 10.9 Å². The van der Waals surface area contributed by atoms with Gasteiger partial charge in [-0.1, -0.05) is 41.9 Å². The molecule has 5 nitrogen and oxygen atoms in total. The van der Waals surface area contributed by atoms with Crippen LogP contribution in [-0.4, -0.2) is 24.7 Å². The lowest BCUT2D eigenvalue weighted by atomic mass is 10.0. The van der Waals surface area contributed by atoms with Gasteiger partial charge in [0.25, 0.3) is 0 Å². The van der Waals surface area contributed by atoms with Gasteiger partial charge in [0.05, 0.1) is 11.0 Å². The van der Waals surface area contributed by atoms with Crippen molar-refractivity contribution in [1.82, 2.24) is 0 Å². The maximum atomic E-state index is 12.9. The van der Waals surface area contributed by atoms with E-state index in [9.17, 15) is 23.6 Å². The fourth-order valence-corrected chi connectivity index (χ4v) is 5.58. The molecule has 1 fully saturated rings. The molecule has 122 valence electrons. The van der Waals surface area contributed by atoms with Crippen molar-refractivity contribution in [3.05, 3.63) is 65.2 Å². The van der Waals surface area contributed by atoms with Gasteiger partial charge in [-0.05, 0) is 29.8 Å². The Morgan fingerprint density at radius 3 is 2.38 bits per heavy atom. The highest BCUT2D eigenvalue weighted by molar-refractivity contribution is 7.92. The molecule has 2 aromatic carbocycles. The lowest BCUT2D eigenvalue weighted by Crippen LogP contribution is -2.22. The van der Waals surface area contributed by atoms with Crippen LogP contribution in [0, 0.1) is 16.7 Å². The molecule has 1 aliphatic rings. The van der Waals surface area contributed by atoms with Crippen molar-refractivity contribution in [3.63, 3.8) is 0 Å². The van der Waals surface area contributed by atoms with Gasteiger partial charge in [-0.25, -0.2) is 8.42 Å². The molecule has 1 N–H and O–H groups in total. The molecule has 0 bridgehead atoms. The Kier molecular flexibility index (Phi) is 3.86. The number of halogens is 1. The molecular weight excluding hydrogens is 350 g/mol. The first-order valence-corrected chi connectivity index (χ1v) is 8.97. The highest BCUT2D eigenvalue weighted by atomic mass is 35.5. The van der Waals surface area contributed by atoms with E-state index in [1.165, 1.54) is 18.2 Å². The summed E-state index contributed by atoms with van der Waals surface area (Å²) in [6.45, 7) is 0. The zero-order valence-electron chi connectivity index (χ0n) is 12.3. The van der Waals surface area contributed by atoms with E-state index in [1.807, 2.05) is 0 Å². The fourth-order valence-electron chi connectivity index (χ4n) is 3.11. The zero-order valence-corrected chi connectivity index (χ0v) is 13.8. The van der Waals surface area contributed by atoms with Crippen molar-refractivity contribution >= 4 is 27.4 Å². The number of hydrogen-bond donors (Lipinski definition) is 1. The van der Waals surface area contributed by atoms with Crippen LogP contribution in [0.2, 0.25) is 5.02 Å². The van der Waals surface area contributed by atoms with E-state index in [1.54, 1.807) is 42.5 Å². The number of carboxylic acids is 1. The first kappa shape index (κ1) is 16.5. The molecule has 0 heterocycles. The molecule has 3 atom stereocenters. The molecule has 0 aromatic heterocycles. The normalized spacial score (nSPS) is 25.7. The van der Waals surface area contributed by atoms with Gasteiger partial charge >= 0.3 is 5.97 Å². The number of nitriles is 1. The number of carboxylic acid groups (broad SMARTS) is 1. The van der Waals surface area contributed by atoms with Crippen molar-refractivity contribution in [1.29, 1.82) is 5.26 Å². The molecular formula is C17H12ClNO4S.